The van der Waals surface area contributed by atoms with Gasteiger partial charge in [0.1, 0.15) is 6.07 Å². The van der Waals surface area contributed by atoms with Crippen molar-refractivity contribution in [3.05, 3.63) is 33.8 Å². The van der Waals surface area contributed by atoms with E-state index < -0.39 is 11.9 Å². The first kappa shape index (κ1) is 13.2. The van der Waals surface area contributed by atoms with Crippen molar-refractivity contribution in [3.8, 4) is 12.1 Å². The molecule has 0 radical (unpaired) electrons. The van der Waals surface area contributed by atoms with Crippen molar-refractivity contribution in [2.24, 2.45) is 0 Å². The average molecular weight is 293 g/mol. The predicted octanol–water partition coefficient (Wildman–Crippen LogP) is 2.49. The number of hydrogen-bond donors (Lipinski definition) is 0. The van der Waals surface area contributed by atoms with Gasteiger partial charge in [0.2, 0.25) is 0 Å². The van der Waals surface area contributed by atoms with Gasteiger partial charge in [0.05, 0.1) is 18.2 Å². The molecule has 86 valence electrons. The number of hydrogen-bond acceptors (Lipinski definition) is 4. The maximum absolute atomic E-state index is 11.6. The number of nitrogens with zero attached hydrogens (tertiary/aromatic N) is 2. The zero-order valence-electron chi connectivity index (χ0n) is 9.11. The Bertz CT molecular complexity index is 514. The Morgan fingerprint density at radius 2 is 2.24 bits per heavy atom. The van der Waals surface area contributed by atoms with Crippen LogP contribution in [0.15, 0.2) is 22.7 Å². The molecule has 0 aliphatic carbocycles. The number of rotatable bonds is 3. The molecule has 0 bridgehead atoms. The first-order valence-corrected chi connectivity index (χ1v) is 5.69. The molecule has 0 amide bonds. The van der Waals surface area contributed by atoms with Crippen LogP contribution in [0, 0.1) is 22.7 Å². The molecule has 1 aromatic carbocycles. The summed E-state index contributed by atoms with van der Waals surface area (Å²) < 4.78 is 5.36. The summed E-state index contributed by atoms with van der Waals surface area (Å²) in [4.78, 5) is 11.6. The second-order valence-corrected chi connectivity index (χ2v) is 3.98. The largest absolute Gasteiger partial charge is 0.465 e. The maximum atomic E-state index is 11.6. The van der Waals surface area contributed by atoms with Crippen LogP contribution >= 0.6 is 15.9 Å². The van der Waals surface area contributed by atoms with Gasteiger partial charge in [-0.2, -0.15) is 10.5 Å². The minimum Gasteiger partial charge on any atom is -0.465 e. The van der Waals surface area contributed by atoms with E-state index in [1.165, 1.54) is 0 Å². The fraction of sp³-hybridized carbons (Fsp3) is 0.250. The van der Waals surface area contributed by atoms with Crippen LogP contribution in [0.4, 0.5) is 0 Å². The molecule has 1 aromatic rings. The molecule has 0 aliphatic heterocycles. The summed E-state index contributed by atoms with van der Waals surface area (Å²) in [7, 11) is 0. The lowest BCUT2D eigenvalue weighted by molar-refractivity contribution is -0.143. The van der Waals surface area contributed by atoms with Gasteiger partial charge >= 0.3 is 5.97 Å². The van der Waals surface area contributed by atoms with Crippen molar-refractivity contribution in [1.29, 1.82) is 10.5 Å². The third-order valence-electron chi connectivity index (χ3n) is 2.12. The van der Waals surface area contributed by atoms with Crippen LogP contribution < -0.4 is 0 Å². The monoisotopic (exact) mass is 292 g/mol. The molecule has 0 fully saturated rings. The van der Waals surface area contributed by atoms with E-state index in [1.807, 2.05) is 12.1 Å². The molecule has 1 unspecified atom stereocenters. The summed E-state index contributed by atoms with van der Waals surface area (Å²) in [6.45, 7) is 1.87. The fourth-order valence-electron chi connectivity index (χ4n) is 1.37. The van der Waals surface area contributed by atoms with Gasteiger partial charge in [-0.15, -0.1) is 0 Å². The summed E-state index contributed by atoms with van der Waals surface area (Å²) in [6.07, 6.45) is 0. The lowest BCUT2D eigenvalue weighted by Gasteiger charge is -2.10. The molecule has 1 rings (SSSR count). The number of benzene rings is 1. The minimum absolute atomic E-state index is 0.201. The van der Waals surface area contributed by atoms with Crippen LogP contribution in [0.5, 0.6) is 0 Å². The molecule has 0 N–H and O–H groups in total. The number of carbonyl (C=O) groups excluding carboxylic acids is 1. The number of ether oxygens (including phenoxy) is 1. The molecule has 5 heteroatoms. The lowest BCUT2D eigenvalue weighted by atomic mass is 9.96. The highest BCUT2D eigenvalue weighted by Gasteiger charge is 2.25. The van der Waals surface area contributed by atoms with Crippen molar-refractivity contribution in [1.82, 2.24) is 0 Å². The summed E-state index contributed by atoms with van der Waals surface area (Å²) in [5.74, 6) is -1.70. The van der Waals surface area contributed by atoms with Crippen molar-refractivity contribution < 1.29 is 9.53 Å². The average Bonchev–Trinajstić information content (AvgIpc) is 2.30. The second-order valence-electron chi connectivity index (χ2n) is 3.13. The molecule has 0 heterocycles. The molecule has 0 aliphatic rings. The van der Waals surface area contributed by atoms with Gasteiger partial charge in [0.25, 0.3) is 0 Å². The lowest BCUT2D eigenvalue weighted by Crippen LogP contribution is -2.15. The van der Waals surface area contributed by atoms with Crippen molar-refractivity contribution in [2.75, 3.05) is 6.61 Å². The van der Waals surface area contributed by atoms with E-state index in [9.17, 15) is 4.79 Å². The van der Waals surface area contributed by atoms with Crippen molar-refractivity contribution in [2.45, 2.75) is 12.8 Å². The Kier molecular flexibility index (Phi) is 4.68. The number of carbonyl (C=O) groups is 1. The topological polar surface area (TPSA) is 73.9 Å². The number of esters is 1. The van der Waals surface area contributed by atoms with Crippen LogP contribution in [0.2, 0.25) is 0 Å². The maximum Gasteiger partial charge on any atom is 0.327 e. The molecule has 0 saturated heterocycles. The molecular weight excluding hydrogens is 284 g/mol. The standard InChI is InChI=1S/C12H9BrN2O2/c1-2-17-12(16)10(7-15)8-4-3-5-11(13)9(8)6-14/h3-5,10H,2H2,1H3. The smallest absolute Gasteiger partial charge is 0.327 e. The summed E-state index contributed by atoms with van der Waals surface area (Å²) in [5, 5.41) is 18.0. The second kappa shape index (κ2) is 6.03. The zero-order valence-corrected chi connectivity index (χ0v) is 10.7. The van der Waals surface area contributed by atoms with Gasteiger partial charge in [-0.25, -0.2) is 0 Å². The van der Waals surface area contributed by atoms with Crippen LogP contribution in [-0.2, 0) is 9.53 Å². The van der Waals surface area contributed by atoms with E-state index in [0.29, 0.717) is 10.0 Å². The van der Waals surface area contributed by atoms with Crippen LogP contribution in [-0.4, -0.2) is 12.6 Å². The van der Waals surface area contributed by atoms with E-state index in [4.69, 9.17) is 15.3 Å². The Hall–Kier alpha value is -1.85. The summed E-state index contributed by atoms with van der Waals surface area (Å²) in [6, 6.07) is 8.76. The number of nitriles is 2. The Morgan fingerprint density at radius 1 is 1.53 bits per heavy atom. The molecule has 0 aromatic heterocycles. The normalized spacial score (nSPS) is 11.1. The minimum atomic E-state index is -1.07. The highest BCUT2D eigenvalue weighted by atomic mass is 79.9. The Morgan fingerprint density at radius 3 is 2.76 bits per heavy atom. The van der Waals surface area contributed by atoms with E-state index in [1.54, 1.807) is 25.1 Å². The van der Waals surface area contributed by atoms with E-state index in [-0.39, 0.29) is 12.2 Å². The Labute approximate surface area is 108 Å². The molecule has 17 heavy (non-hydrogen) atoms. The highest BCUT2D eigenvalue weighted by molar-refractivity contribution is 9.10. The number of halogens is 1. The van der Waals surface area contributed by atoms with Crippen molar-refractivity contribution >= 4 is 21.9 Å². The van der Waals surface area contributed by atoms with Gasteiger partial charge < -0.3 is 4.74 Å². The Balaban J connectivity index is 3.23. The third kappa shape index (κ3) is 2.83. The van der Waals surface area contributed by atoms with Crippen LogP contribution in [0.3, 0.4) is 0 Å². The molecule has 0 saturated carbocycles. The molecular formula is C12H9BrN2O2. The SMILES string of the molecule is CCOC(=O)C(C#N)c1cccc(Br)c1C#N. The van der Waals surface area contributed by atoms with Gasteiger partial charge in [-0.3, -0.25) is 4.79 Å². The van der Waals surface area contributed by atoms with E-state index >= 15 is 0 Å². The molecule has 1 atom stereocenters. The van der Waals surface area contributed by atoms with E-state index in [0.717, 1.165) is 0 Å². The van der Waals surface area contributed by atoms with Crippen molar-refractivity contribution in [3.63, 3.8) is 0 Å². The highest BCUT2D eigenvalue weighted by Crippen LogP contribution is 2.26. The summed E-state index contributed by atoms with van der Waals surface area (Å²) in [5.41, 5.74) is 0.648. The van der Waals surface area contributed by atoms with Gasteiger partial charge in [0.15, 0.2) is 5.92 Å². The predicted molar refractivity (Wildman–Crippen MR) is 63.8 cm³/mol. The third-order valence-corrected chi connectivity index (χ3v) is 2.78. The molecule has 0 spiro atoms. The van der Waals surface area contributed by atoms with Gasteiger partial charge in [0, 0.05) is 4.47 Å². The van der Waals surface area contributed by atoms with E-state index in [2.05, 4.69) is 15.9 Å². The van der Waals surface area contributed by atoms with Crippen LogP contribution in [0.25, 0.3) is 0 Å². The quantitative estimate of drug-likeness (QED) is 0.802. The van der Waals surface area contributed by atoms with Gasteiger partial charge in [-0.05, 0) is 34.5 Å². The summed E-state index contributed by atoms with van der Waals surface area (Å²) >= 11 is 3.21. The zero-order chi connectivity index (χ0) is 12.8. The van der Waals surface area contributed by atoms with Crippen LogP contribution in [0.1, 0.15) is 24.0 Å². The van der Waals surface area contributed by atoms with Gasteiger partial charge in [-0.1, -0.05) is 12.1 Å². The first-order chi connectivity index (χ1) is 8.15. The first-order valence-electron chi connectivity index (χ1n) is 4.90. The fourth-order valence-corrected chi connectivity index (χ4v) is 1.84. The molecule has 4 nitrogen and oxygen atoms in total.